The summed E-state index contributed by atoms with van der Waals surface area (Å²) >= 11 is 0. The number of imidazole rings is 2. The number of carbonyl (C=O) groups excluding carboxylic acids is 4. The summed E-state index contributed by atoms with van der Waals surface area (Å²) in [5, 5.41) is 2.68. The first-order valence-electron chi connectivity index (χ1n) is 15.9. The smallest absolute Gasteiger partial charge is 0.405 e. The Labute approximate surface area is 270 Å². The molecule has 2 aromatic carbocycles. The van der Waals surface area contributed by atoms with Crippen molar-refractivity contribution in [3.8, 4) is 33.6 Å². The number of rotatable bonds is 8. The van der Waals surface area contributed by atoms with Crippen LogP contribution in [0.3, 0.4) is 0 Å². The molecule has 0 saturated carbocycles. The summed E-state index contributed by atoms with van der Waals surface area (Å²) in [4.78, 5) is 67.7. The van der Waals surface area contributed by atoms with Crippen LogP contribution in [0, 0.1) is 0 Å². The maximum absolute atomic E-state index is 12.9. The van der Waals surface area contributed by atoms with Crippen LogP contribution in [0.15, 0.2) is 60.9 Å². The zero-order valence-corrected chi connectivity index (χ0v) is 25.9. The molecule has 13 heteroatoms. The number of carbonyl (C=O) groups is 4. The van der Waals surface area contributed by atoms with Crippen LogP contribution in [0.4, 0.5) is 4.79 Å². The highest BCUT2D eigenvalue weighted by Crippen LogP contribution is 2.35. The van der Waals surface area contributed by atoms with Gasteiger partial charge in [0.05, 0.1) is 42.3 Å². The number of likely N-dealkylation sites (tertiary alicyclic amines) is 2. The molecule has 242 valence electrons. The van der Waals surface area contributed by atoms with Crippen LogP contribution >= 0.6 is 0 Å². The van der Waals surface area contributed by atoms with Gasteiger partial charge in [-0.25, -0.2) is 14.8 Å². The van der Waals surface area contributed by atoms with Crippen LogP contribution in [0.1, 0.15) is 62.8 Å². The number of nitrogens with one attached hydrogen (secondary N) is 3. The lowest BCUT2D eigenvalue weighted by Crippen LogP contribution is -2.57. The number of hydrogen-bond acceptors (Lipinski definition) is 7. The monoisotopic (exact) mass is 636 g/mol. The lowest BCUT2D eigenvalue weighted by Gasteiger charge is -2.32. The van der Waals surface area contributed by atoms with Crippen LogP contribution < -0.4 is 11.1 Å². The van der Waals surface area contributed by atoms with E-state index < -0.39 is 18.2 Å². The average molecular weight is 637 g/mol. The van der Waals surface area contributed by atoms with Gasteiger partial charge in [-0.1, -0.05) is 48.5 Å². The summed E-state index contributed by atoms with van der Waals surface area (Å²) < 4.78 is 4.90. The molecular weight excluding hydrogens is 600 g/mol. The zero-order chi connectivity index (χ0) is 32.7. The number of nitrogens with zero attached hydrogens (tertiary/aromatic N) is 4. The topological polar surface area (TPSA) is 179 Å². The maximum Gasteiger partial charge on any atom is 0.405 e. The molecule has 3 saturated heterocycles. The Morgan fingerprint density at radius 2 is 1.28 bits per heavy atom. The third kappa shape index (κ3) is 5.96. The van der Waals surface area contributed by atoms with Crippen LogP contribution in [-0.2, 0) is 19.1 Å². The molecule has 3 fully saturated rings. The van der Waals surface area contributed by atoms with E-state index in [0.717, 1.165) is 65.1 Å². The number of amides is 4. The number of benzene rings is 2. The molecule has 7 rings (SSSR count). The van der Waals surface area contributed by atoms with Gasteiger partial charge >= 0.3 is 6.09 Å². The Morgan fingerprint density at radius 3 is 1.77 bits per heavy atom. The molecule has 2 aromatic heterocycles. The Morgan fingerprint density at radius 1 is 0.809 bits per heavy atom. The first-order chi connectivity index (χ1) is 22.7. The minimum Gasteiger partial charge on any atom is -0.437 e. The van der Waals surface area contributed by atoms with Crippen LogP contribution in [0.25, 0.3) is 33.6 Å². The lowest BCUT2D eigenvalue weighted by atomic mass is 10.0. The fraction of sp³-hybridized carbons (Fsp3) is 0.353. The molecule has 5 N–H and O–H groups in total. The van der Waals surface area contributed by atoms with Gasteiger partial charge in [0.2, 0.25) is 11.8 Å². The minimum absolute atomic E-state index is 0.0377. The third-order valence-electron chi connectivity index (χ3n) is 9.28. The van der Waals surface area contributed by atoms with E-state index in [1.165, 1.54) is 6.92 Å². The van der Waals surface area contributed by atoms with Crippen LogP contribution in [-0.4, -0.2) is 78.8 Å². The van der Waals surface area contributed by atoms with Crippen LogP contribution in [0.5, 0.6) is 0 Å². The second-order valence-corrected chi connectivity index (χ2v) is 12.3. The molecule has 5 heterocycles. The van der Waals surface area contributed by atoms with E-state index in [-0.39, 0.29) is 36.2 Å². The quantitative estimate of drug-likeness (QED) is 0.212. The van der Waals surface area contributed by atoms with E-state index in [9.17, 15) is 19.2 Å². The molecule has 3 aliphatic rings. The molecule has 4 aromatic rings. The summed E-state index contributed by atoms with van der Waals surface area (Å²) in [5.74, 6) is 1.04. The normalized spacial score (nSPS) is 21.3. The molecule has 13 nitrogen and oxygen atoms in total. The van der Waals surface area contributed by atoms with E-state index in [0.29, 0.717) is 18.9 Å². The Hall–Kier alpha value is -5.46. The van der Waals surface area contributed by atoms with Crippen molar-refractivity contribution >= 4 is 23.8 Å². The lowest BCUT2D eigenvalue weighted by molar-refractivity contribution is -0.144. The van der Waals surface area contributed by atoms with Crippen molar-refractivity contribution in [3.63, 3.8) is 0 Å². The fourth-order valence-electron chi connectivity index (χ4n) is 6.79. The number of ether oxygens (including phenoxy) is 1. The van der Waals surface area contributed by atoms with Gasteiger partial charge in [-0.2, -0.15) is 0 Å². The summed E-state index contributed by atoms with van der Waals surface area (Å²) in [7, 11) is 0. The number of H-pyrrole nitrogens is 2. The SMILES string of the molecule is C[C@H](OC(N)=O)C(=O)N1CCC[C@H]1c1ncc(-c2ccc(-c3ccc(-c4cnc([C@@H]5CCCN5C(=O)[C@@H]5CC(=O)N5)[nH]4)cc3)cc2)[nH]1. The molecule has 4 amide bonds. The first-order valence-corrected chi connectivity index (χ1v) is 15.9. The Bertz CT molecular complexity index is 1810. The van der Waals surface area contributed by atoms with Gasteiger partial charge in [-0.3, -0.25) is 14.4 Å². The number of β-lactam (4-membered cyclic amide) rings is 1. The molecular formula is C34H36N8O5. The standard InChI is InChI=1S/C34H36N8O5/c1-19(47-34(35)46)32(44)41-14-2-4-27(41)30-36-17-25(39-30)22-10-6-20(7-11-22)21-8-12-23(13-9-21)26-18-37-31(40-26)28-5-3-15-42(28)33(45)24-16-29(43)38-24/h6-13,17-19,24,27-28H,2-5,14-16H2,1H3,(H2,35,46)(H,36,39)(H,37,40)(H,38,43)/t19-,24-,27-,28-/m0/s1. The molecule has 3 aliphatic heterocycles. The van der Waals surface area contributed by atoms with E-state index in [2.05, 4.69) is 49.5 Å². The minimum atomic E-state index is -0.974. The Balaban J connectivity index is 1.00. The number of primary amides is 1. The number of aromatic amines is 2. The van der Waals surface area contributed by atoms with Crippen molar-refractivity contribution in [1.29, 1.82) is 0 Å². The average Bonchev–Trinajstić information content (AvgIpc) is 3.88. The largest absolute Gasteiger partial charge is 0.437 e. The summed E-state index contributed by atoms with van der Waals surface area (Å²) in [5.41, 5.74) is 10.9. The van der Waals surface area contributed by atoms with E-state index in [1.807, 2.05) is 29.2 Å². The number of nitrogens with two attached hydrogens (primary N) is 1. The van der Waals surface area contributed by atoms with Gasteiger partial charge in [0, 0.05) is 13.1 Å². The zero-order valence-electron chi connectivity index (χ0n) is 25.9. The van der Waals surface area contributed by atoms with Crippen molar-refractivity contribution in [3.05, 3.63) is 72.6 Å². The predicted octanol–water partition coefficient (Wildman–Crippen LogP) is 3.83. The summed E-state index contributed by atoms with van der Waals surface area (Å²) in [6.07, 6.45) is 5.22. The Kier molecular flexibility index (Phi) is 7.96. The van der Waals surface area contributed by atoms with Gasteiger partial charge < -0.3 is 35.6 Å². The fourth-order valence-corrected chi connectivity index (χ4v) is 6.79. The summed E-state index contributed by atoms with van der Waals surface area (Å²) in [6.45, 7) is 2.74. The van der Waals surface area contributed by atoms with E-state index in [1.54, 1.807) is 17.3 Å². The highest BCUT2D eigenvalue weighted by atomic mass is 16.6. The molecule has 0 unspecified atom stereocenters. The molecule has 47 heavy (non-hydrogen) atoms. The molecule has 0 bridgehead atoms. The van der Waals surface area contributed by atoms with Crippen molar-refractivity contribution in [2.24, 2.45) is 5.73 Å². The maximum atomic E-state index is 12.9. The van der Waals surface area contributed by atoms with Crippen LogP contribution in [0.2, 0.25) is 0 Å². The predicted molar refractivity (Wildman–Crippen MR) is 171 cm³/mol. The van der Waals surface area contributed by atoms with Crippen molar-refractivity contribution in [1.82, 2.24) is 35.1 Å². The van der Waals surface area contributed by atoms with Crippen molar-refractivity contribution in [2.75, 3.05) is 13.1 Å². The van der Waals surface area contributed by atoms with Gasteiger partial charge in [0.15, 0.2) is 6.10 Å². The molecule has 0 aliphatic carbocycles. The highest BCUT2D eigenvalue weighted by Gasteiger charge is 2.40. The summed E-state index contributed by atoms with van der Waals surface area (Å²) in [6, 6.07) is 15.7. The van der Waals surface area contributed by atoms with Gasteiger partial charge in [0.1, 0.15) is 17.7 Å². The number of aromatic nitrogens is 4. The van der Waals surface area contributed by atoms with Crippen molar-refractivity contribution in [2.45, 2.75) is 63.3 Å². The molecule has 4 atom stereocenters. The molecule has 0 spiro atoms. The number of hydrogen-bond donors (Lipinski definition) is 4. The molecule has 0 radical (unpaired) electrons. The third-order valence-corrected chi connectivity index (χ3v) is 9.28. The van der Waals surface area contributed by atoms with E-state index >= 15 is 0 Å². The van der Waals surface area contributed by atoms with Gasteiger partial charge in [-0.15, -0.1) is 0 Å². The van der Waals surface area contributed by atoms with E-state index in [4.69, 9.17) is 10.5 Å². The second-order valence-electron chi connectivity index (χ2n) is 12.3. The van der Waals surface area contributed by atoms with Crippen molar-refractivity contribution < 1.29 is 23.9 Å². The van der Waals surface area contributed by atoms with Gasteiger partial charge in [-0.05, 0) is 54.9 Å². The van der Waals surface area contributed by atoms with Gasteiger partial charge in [0.25, 0.3) is 5.91 Å². The first kappa shape index (κ1) is 30.2. The highest BCUT2D eigenvalue weighted by molar-refractivity contribution is 5.97. The second kappa shape index (κ2) is 12.4.